The van der Waals surface area contributed by atoms with Crippen LogP contribution in [0.15, 0.2) is 12.1 Å². The van der Waals surface area contributed by atoms with Crippen LogP contribution in [0.4, 0.5) is 0 Å². The van der Waals surface area contributed by atoms with E-state index in [1.54, 1.807) is 6.07 Å². The molecule has 1 aliphatic carbocycles. The molecule has 0 radical (unpaired) electrons. The number of hydrogen-bond acceptors (Lipinski definition) is 3. The maximum atomic E-state index is 5.64. The predicted octanol–water partition coefficient (Wildman–Crippen LogP) is 1.72. The van der Waals surface area contributed by atoms with E-state index in [9.17, 15) is 0 Å². The smallest absolute Gasteiger partial charge is 0.151 e. The Balaban J connectivity index is 1.96. The molecular weight excluding hydrogens is 186 g/mol. The molecule has 2 rings (SSSR count). The molecule has 0 N–H and O–H groups in total. The van der Waals surface area contributed by atoms with Crippen molar-refractivity contribution in [2.75, 3.05) is 7.05 Å². The van der Waals surface area contributed by atoms with Crippen molar-refractivity contribution in [3.05, 3.63) is 23.0 Å². The summed E-state index contributed by atoms with van der Waals surface area (Å²) in [6, 6.07) is 4.47. The fourth-order valence-corrected chi connectivity index (χ4v) is 1.43. The van der Waals surface area contributed by atoms with Gasteiger partial charge < -0.3 is 0 Å². The molecule has 0 aromatic carbocycles. The van der Waals surface area contributed by atoms with E-state index in [1.165, 1.54) is 12.8 Å². The first-order chi connectivity index (χ1) is 6.25. The van der Waals surface area contributed by atoms with Gasteiger partial charge in [0.25, 0.3) is 0 Å². The van der Waals surface area contributed by atoms with E-state index in [0.717, 1.165) is 18.3 Å². The summed E-state index contributed by atoms with van der Waals surface area (Å²) in [5, 5.41) is 8.26. The van der Waals surface area contributed by atoms with Crippen molar-refractivity contribution in [2.24, 2.45) is 0 Å². The third-order valence-corrected chi connectivity index (χ3v) is 2.47. The van der Waals surface area contributed by atoms with Crippen molar-refractivity contribution in [2.45, 2.75) is 25.4 Å². The zero-order valence-corrected chi connectivity index (χ0v) is 8.33. The van der Waals surface area contributed by atoms with Crippen LogP contribution in [0.1, 0.15) is 18.5 Å². The summed E-state index contributed by atoms with van der Waals surface area (Å²) >= 11 is 5.64. The molecule has 1 aromatic heterocycles. The molecular formula is C9H12ClN3. The van der Waals surface area contributed by atoms with E-state index in [0.29, 0.717) is 5.15 Å². The third-order valence-electron chi connectivity index (χ3n) is 2.27. The second kappa shape index (κ2) is 3.60. The molecule has 0 atom stereocenters. The number of halogens is 1. The van der Waals surface area contributed by atoms with Crippen LogP contribution in [-0.4, -0.2) is 28.2 Å². The lowest BCUT2D eigenvalue weighted by Crippen LogP contribution is -2.20. The Morgan fingerprint density at radius 3 is 2.77 bits per heavy atom. The van der Waals surface area contributed by atoms with Crippen molar-refractivity contribution in [3.63, 3.8) is 0 Å². The number of hydrogen-bond donors (Lipinski definition) is 0. The van der Waals surface area contributed by atoms with E-state index in [4.69, 9.17) is 11.6 Å². The summed E-state index contributed by atoms with van der Waals surface area (Å²) in [7, 11) is 2.12. The third kappa shape index (κ3) is 2.39. The molecule has 0 amide bonds. The molecule has 0 aliphatic heterocycles. The van der Waals surface area contributed by atoms with Crippen LogP contribution >= 0.6 is 11.6 Å². The Hall–Kier alpha value is -0.670. The predicted molar refractivity (Wildman–Crippen MR) is 51.5 cm³/mol. The van der Waals surface area contributed by atoms with Crippen LogP contribution in [0.2, 0.25) is 5.15 Å². The lowest BCUT2D eigenvalue weighted by atomic mass is 10.3. The van der Waals surface area contributed by atoms with Crippen LogP contribution in [0.3, 0.4) is 0 Å². The molecule has 0 spiro atoms. The van der Waals surface area contributed by atoms with E-state index < -0.39 is 0 Å². The van der Waals surface area contributed by atoms with Gasteiger partial charge in [0.2, 0.25) is 0 Å². The molecule has 1 heterocycles. The highest BCUT2D eigenvalue weighted by molar-refractivity contribution is 6.29. The van der Waals surface area contributed by atoms with Gasteiger partial charge in [0, 0.05) is 12.6 Å². The second-order valence-electron chi connectivity index (χ2n) is 3.49. The topological polar surface area (TPSA) is 29.0 Å². The number of nitrogens with zero attached hydrogens (tertiary/aromatic N) is 3. The first-order valence-corrected chi connectivity index (χ1v) is 4.82. The van der Waals surface area contributed by atoms with Crippen LogP contribution < -0.4 is 0 Å². The fraction of sp³-hybridized carbons (Fsp3) is 0.556. The minimum Gasteiger partial charge on any atom is -0.298 e. The van der Waals surface area contributed by atoms with Crippen LogP contribution in [0.5, 0.6) is 0 Å². The Morgan fingerprint density at radius 1 is 1.46 bits per heavy atom. The molecule has 4 heteroatoms. The number of aromatic nitrogens is 2. The highest BCUT2D eigenvalue weighted by atomic mass is 35.5. The van der Waals surface area contributed by atoms with Gasteiger partial charge in [0.1, 0.15) is 0 Å². The van der Waals surface area contributed by atoms with Crippen molar-refractivity contribution >= 4 is 11.6 Å². The maximum absolute atomic E-state index is 5.64. The van der Waals surface area contributed by atoms with Gasteiger partial charge in [-0.1, -0.05) is 11.6 Å². The maximum Gasteiger partial charge on any atom is 0.151 e. The largest absolute Gasteiger partial charge is 0.298 e. The standard InChI is InChI=1S/C9H12ClN3/c1-13(8-3-4-8)6-7-2-5-9(10)12-11-7/h2,5,8H,3-4,6H2,1H3. The van der Waals surface area contributed by atoms with Gasteiger partial charge >= 0.3 is 0 Å². The van der Waals surface area contributed by atoms with Crippen molar-refractivity contribution < 1.29 is 0 Å². The number of rotatable bonds is 3. The molecule has 70 valence electrons. The SMILES string of the molecule is CN(Cc1ccc(Cl)nn1)C1CC1. The van der Waals surface area contributed by atoms with Crippen molar-refractivity contribution in [1.82, 2.24) is 15.1 Å². The van der Waals surface area contributed by atoms with E-state index >= 15 is 0 Å². The van der Waals surface area contributed by atoms with Crippen LogP contribution in [0.25, 0.3) is 0 Å². The average molecular weight is 198 g/mol. The molecule has 13 heavy (non-hydrogen) atoms. The van der Waals surface area contributed by atoms with E-state index in [1.807, 2.05) is 6.07 Å². The second-order valence-corrected chi connectivity index (χ2v) is 3.88. The van der Waals surface area contributed by atoms with E-state index in [-0.39, 0.29) is 0 Å². The van der Waals surface area contributed by atoms with E-state index in [2.05, 4.69) is 22.1 Å². The Morgan fingerprint density at radius 2 is 2.23 bits per heavy atom. The molecule has 0 unspecified atom stereocenters. The first kappa shape index (κ1) is 8.91. The van der Waals surface area contributed by atoms with Gasteiger partial charge in [0.15, 0.2) is 5.15 Å². The van der Waals surface area contributed by atoms with Crippen LogP contribution in [0, 0.1) is 0 Å². The molecule has 1 aliphatic rings. The summed E-state index contributed by atoms with van der Waals surface area (Å²) in [4.78, 5) is 2.30. The quantitative estimate of drug-likeness (QED) is 0.739. The highest BCUT2D eigenvalue weighted by Crippen LogP contribution is 2.26. The Labute approximate surface area is 82.7 Å². The normalized spacial score (nSPS) is 16.5. The molecule has 1 saturated carbocycles. The minimum atomic E-state index is 0.456. The summed E-state index contributed by atoms with van der Waals surface area (Å²) in [5.74, 6) is 0. The molecule has 0 bridgehead atoms. The zero-order valence-electron chi connectivity index (χ0n) is 7.57. The minimum absolute atomic E-state index is 0.456. The van der Waals surface area contributed by atoms with Gasteiger partial charge in [-0.2, -0.15) is 5.10 Å². The lowest BCUT2D eigenvalue weighted by Gasteiger charge is -2.13. The summed E-state index contributed by atoms with van der Waals surface area (Å²) in [6.07, 6.45) is 2.63. The highest BCUT2D eigenvalue weighted by Gasteiger charge is 2.26. The van der Waals surface area contributed by atoms with Crippen molar-refractivity contribution in [1.29, 1.82) is 0 Å². The van der Waals surface area contributed by atoms with Gasteiger partial charge in [0.05, 0.1) is 5.69 Å². The van der Waals surface area contributed by atoms with Gasteiger partial charge in [-0.25, -0.2) is 0 Å². The summed E-state index contributed by atoms with van der Waals surface area (Å²) < 4.78 is 0. The first-order valence-electron chi connectivity index (χ1n) is 4.44. The molecule has 1 aromatic rings. The Kier molecular flexibility index (Phi) is 2.47. The monoisotopic (exact) mass is 197 g/mol. The lowest BCUT2D eigenvalue weighted by molar-refractivity contribution is 0.311. The van der Waals surface area contributed by atoms with Crippen LogP contribution in [-0.2, 0) is 6.54 Å². The fourth-order valence-electron chi connectivity index (χ4n) is 1.33. The Bertz CT molecular complexity index is 281. The summed E-state index contributed by atoms with van der Waals surface area (Å²) in [6.45, 7) is 0.870. The van der Waals surface area contributed by atoms with Gasteiger partial charge in [-0.3, -0.25) is 4.90 Å². The molecule has 3 nitrogen and oxygen atoms in total. The summed E-state index contributed by atoms with van der Waals surface area (Å²) in [5.41, 5.74) is 0.985. The molecule has 1 fully saturated rings. The zero-order chi connectivity index (χ0) is 9.26. The average Bonchev–Trinajstić information content (AvgIpc) is 2.91. The van der Waals surface area contributed by atoms with Gasteiger partial charge in [-0.05, 0) is 32.0 Å². The van der Waals surface area contributed by atoms with Crippen molar-refractivity contribution in [3.8, 4) is 0 Å². The van der Waals surface area contributed by atoms with Gasteiger partial charge in [-0.15, -0.1) is 5.10 Å². The molecule has 0 saturated heterocycles.